The molecule has 1 aliphatic carbocycles. The van der Waals surface area contributed by atoms with Gasteiger partial charge in [0.25, 0.3) is 0 Å². The van der Waals surface area contributed by atoms with Crippen molar-refractivity contribution in [2.75, 3.05) is 142 Å². The fourth-order valence-electron chi connectivity index (χ4n) is 6.22. The van der Waals surface area contributed by atoms with Crippen molar-refractivity contribution in [1.82, 2.24) is 0 Å². The van der Waals surface area contributed by atoms with E-state index in [4.69, 9.17) is 37.9 Å². The lowest BCUT2D eigenvalue weighted by atomic mass is 9.65. The lowest BCUT2D eigenvalue weighted by Crippen LogP contribution is -2.44. The van der Waals surface area contributed by atoms with E-state index < -0.39 is 46.4 Å². The van der Waals surface area contributed by atoms with Crippen LogP contribution in [0.5, 0.6) is 23.0 Å². The van der Waals surface area contributed by atoms with Crippen molar-refractivity contribution in [2.24, 2.45) is 0 Å². The summed E-state index contributed by atoms with van der Waals surface area (Å²) in [7, 11) is 0. The van der Waals surface area contributed by atoms with Gasteiger partial charge in [-0.25, -0.2) is 0 Å². The van der Waals surface area contributed by atoms with Crippen LogP contribution < -0.4 is 9.80 Å². The maximum atomic E-state index is 13.5. The normalized spacial score (nSPS) is 23.5. The van der Waals surface area contributed by atoms with Crippen LogP contribution in [-0.2, 0) is 47.5 Å². The lowest BCUT2D eigenvalue weighted by Gasteiger charge is -2.34. The Kier molecular flexibility index (Phi) is 15.5. The molecule has 0 spiro atoms. The number of phenolic OH excluding ortho intramolecular Hbond substituents is 4. The molecule has 5 rings (SSSR count). The second kappa shape index (κ2) is 20.5. The molecule has 0 atom stereocenters. The average Bonchev–Trinajstić information content (AvgIpc) is 3.14. The number of ketones is 2. The third-order valence-corrected chi connectivity index (χ3v) is 8.94. The molecule has 52 heavy (non-hydrogen) atoms. The Morgan fingerprint density at radius 2 is 0.596 bits per heavy atom. The number of benzene rings is 2. The molecule has 2 saturated heterocycles. The molecule has 2 heterocycles. The van der Waals surface area contributed by atoms with E-state index in [-0.39, 0.29) is 11.1 Å². The summed E-state index contributed by atoms with van der Waals surface area (Å²) in [5.74, 6) is -6.09. The number of aromatic hydroxyl groups is 4. The van der Waals surface area contributed by atoms with Gasteiger partial charge < -0.3 is 68.1 Å². The minimum atomic E-state index is -1.48. The zero-order valence-electron chi connectivity index (χ0n) is 29.4. The molecular formula is C36H50N2O14. The van der Waals surface area contributed by atoms with Crippen LogP contribution >= 0.6 is 0 Å². The van der Waals surface area contributed by atoms with Crippen LogP contribution in [0.25, 0.3) is 0 Å². The van der Waals surface area contributed by atoms with Crippen molar-refractivity contribution in [3.05, 3.63) is 35.4 Å². The SMILES string of the molecule is O=C1C(c2c(O)cc(N3CCOCCOCCOCCOCC3)cc2O)C(=O)C1c1c(O)cc(N2CCOCCOCCOCCOCC2)cc1O. The molecule has 16 nitrogen and oxygen atoms in total. The van der Waals surface area contributed by atoms with Gasteiger partial charge in [-0.3, -0.25) is 9.59 Å². The molecular weight excluding hydrogens is 684 g/mol. The molecule has 16 heteroatoms. The summed E-state index contributed by atoms with van der Waals surface area (Å²) in [6, 6.07) is 5.51. The van der Waals surface area contributed by atoms with Gasteiger partial charge >= 0.3 is 0 Å². The second-order valence-corrected chi connectivity index (χ2v) is 12.3. The van der Waals surface area contributed by atoms with E-state index in [0.29, 0.717) is 143 Å². The summed E-state index contributed by atoms with van der Waals surface area (Å²) in [6.45, 7) is 7.96. The monoisotopic (exact) mass is 734 g/mol. The highest BCUT2D eigenvalue weighted by molar-refractivity contribution is 6.32. The van der Waals surface area contributed by atoms with Gasteiger partial charge in [-0.2, -0.15) is 0 Å². The maximum absolute atomic E-state index is 13.5. The first-order valence-electron chi connectivity index (χ1n) is 17.7. The van der Waals surface area contributed by atoms with E-state index in [1.54, 1.807) is 0 Å². The highest BCUT2D eigenvalue weighted by Gasteiger charge is 2.54. The molecule has 3 fully saturated rings. The maximum Gasteiger partial charge on any atom is 0.163 e. The molecule has 1 saturated carbocycles. The highest BCUT2D eigenvalue weighted by Crippen LogP contribution is 2.52. The number of anilines is 2. The van der Waals surface area contributed by atoms with Crippen LogP contribution in [0.15, 0.2) is 24.3 Å². The predicted molar refractivity (Wildman–Crippen MR) is 186 cm³/mol. The molecule has 4 N–H and O–H groups in total. The van der Waals surface area contributed by atoms with E-state index in [1.165, 1.54) is 24.3 Å². The number of hydrogen-bond donors (Lipinski definition) is 4. The van der Waals surface area contributed by atoms with Crippen LogP contribution in [0.4, 0.5) is 11.4 Å². The Labute approximate surface area is 302 Å². The van der Waals surface area contributed by atoms with E-state index >= 15 is 0 Å². The smallest absolute Gasteiger partial charge is 0.163 e. The summed E-state index contributed by atoms with van der Waals surface area (Å²) in [5, 5.41) is 44.2. The molecule has 0 unspecified atom stereocenters. The first-order valence-corrected chi connectivity index (χ1v) is 17.7. The van der Waals surface area contributed by atoms with Crippen LogP contribution in [0.1, 0.15) is 23.0 Å². The standard InChI is InChI=1S/C36H50N2O14/c39-27-21-25(37-1-5-45-9-13-49-17-18-50-14-10-46-6-2-37)22-28(40)31(27)33-35(43)34(36(33)44)32-29(41)23-26(24-30(32)42)38-3-7-47-11-15-51-19-20-52-16-12-48-8-4-38/h21-24,33-34,39-42H,1-20H2. The number of rotatable bonds is 4. The zero-order valence-corrected chi connectivity index (χ0v) is 29.4. The Morgan fingerprint density at radius 3 is 0.827 bits per heavy atom. The van der Waals surface area contributed by atoms with Crippen molar-refractivity contribution >= 4 is 22.9 Å². The van der Waals surface area contributed by atoms with Crippen LogP contribution in [-0.4, -0.2) is 164 Å². The molecule has 0 radical (unpaired) electrons. The van der Waals surface area contributed by atoms with Gasteiger partial charge in [0.05, 0.1) is 117 Å². The third-order valence-electron chi connectivity index (χ3n) is 8.94. The minimum Gasteiger partial charge on any atom is -0.507 e. The van der Waals surface area contributed by atoms with Gasteiger partial charge in [0, 0.05) is 61.8 Å². The van der Waals surface area contributed by atoms with E-state index in [9.17, 15) is 30.0 Å². The number of carbonyl (C=O) groups excluding carboxylic acids is 2. The predicted octanol–water partition coefficient (Wildman–Crippen LogP) is 1.30. The lowest BCUT2D eigenvalue weighted by molar-refractivity contribution is -0.142. The Balaban J connectivity index is 1.27. The summed E-state index contributed by atoms with van der Waals surface area (Å²) < 4.78 is 44.5. The zero-order chi connectivity index (χ0) is 36.7. The minimum absolute atomic E-state index is 0.233. The molecule has 2 aromatic rings. The van der Waals surface area contributed by atoms with Gasteiger partial charge in [0.1, 0.15) is 34.8 Å². The number of nitrogens with zero attached hydrogens (tertiary/aromatic N) is 2. The van der Waals surface area contributed by atoms with Crippen molar-refractivity contribution in [3.63, 3.8) is 0 Å². The fourth-order valence-corrected chi connectivity index (χ4v) is 6.22. The number of hydrogen-bond acceptors (Lipinski definition) is 16. The van der Waals surface area contributed by atoms with Gasteiger partial charge in [-0.1, -0.05) is 0 Å². The van der Waals surface area contributed by atoms with Crippen molar-refractivity contribution in [1.29, 1.82) is 0 Å². The summed E-state index contributed by atoms with van der Waals surface area (Å²) >= 11 is 0. The summed E-state index contributed by atoms with van der Waals surface area (Å²) in [5.41, 5.74) is 0.404. The van der Waals surface area contributed by atoms with Crippen LogP contribution in [0.2, 0.25) is 0 Å². The van der Waals surface area contributed by atoms with E-state index in [0.717, 1.165) is 0 Å². The molecule has 2 aliphatic heterocycles. The van der Waals surface area contributed by atoms with Crippen molar-refractivity contribution < 1.29 is 67.9 Å². The molecule has 288 valence electrons. The number of Topliss-reactive ketones (excluding diaryl/α,β-unsaturated/α-hetero) is 2. The first kappa shape index (κ1) is 39.5. The van der Waals surface area contributed by atoms with Gasteiger partial charge in [-0.15, -0.1) is 0 Å². The Bertz CT molecular complexity index is 1260. The van der Waals surface area contributed by atoms with E-state index in [1.807, 2.05) is 9.80 Å². The van der Waals surface area contributed by atoms with Crippen molar-refractivity contribution in [3.8, 4) is 23.0 Å². The number of ether oxygens (including phenoxy) is 8. The molecule has 3 aliphatic rings. The van der Waals surface area contributed by atoms with Gasteiger partial charge in [0.2, 0.25) is 0 Å². The topological polar surface area (TPSA) is 195 Å². The summed E-state index contributed by atoms with van der Waals surface area (Å²) in [4.78, 5) is 30.8. The van der Waals surface area contributed by atoms with Gasteiger partial charge in [0.15, 0.2) is 11.6 Å². The third kappa shape index (κ3) is 10.7. The quantitative estimate of drug-likeness (QED) is 0.328. The molecule has 0 aromatic heterocycles. The van der Waals surface area contributed by atoms with Crippen LogP contribution in [0.3, 0.4) is 0 Å². The average molecular weight is 735 g/mol. The molecule has 0 amide bonds. The largest absolute Gasteiger partial charge is 0.507 e. The van der Waals surface area contributed by atoms with Crippen molar-refractivity contribution in [2.45, 2.75) is 11.8 Å². The van der Waals surface area contributed by atoms with E-state index in [2.05, 4.69) is 0 Å². The fraction of sp³-hybridized carbons (Fsp3) is 0.611. The number of phenols is 4. The first-order chi connectivity index (χ1) is 25.4. The Morgan fingerprint density at radius 1 is 0.385 bits per heavy atom. The molecule has 0 bridgehead atoms. The van der Waals surface area contributed by atoms with Crippen LogP contribution in [0, 0.1) is 0 Å². The molecule has 2 aromatic carbocycles. The van der Waals surface area contributed by atoms with Gasteiger partial charge in [-0.05, 0) is 0 Å². The second-order valence-electron chi connectivity index (χ2n) is 12.3. The summed E-state index contributed by atoms with van der Waals surface area (Å²) in [6.07, 6.45) is 0. The highest BCUT2D eigenvalue weighted by atomic mass is 16.6. The number of carbonyl (C=O) groups is 2. The Hall–Kier alpha value is -3.74.